The third kappa shape index (κ3) is 9.43. The van der Waals surface area contributed by atoms with E-state index in [1.807, 2.05) is 11.0 Å². The van der Waals surface area contributed by atoms with E-state index in [0.717, 1.165) is 44.5 Å². The average Bonchev–Trinajstić information content (AvgIpc) is 2.77. The molecule has 9 nitrogen and oxygen atoms in total. The summed E-state index contributed by atoms with van der Waals surface area (Å²) in [6.07, 6.45) is 5.00. The number of rotatable bonds is 10. The summed E-state index contributed by atoms with van der Waals surface area (Å²) in [5.41, 5.74) is 0. The van der Waals surface area contributed by atoms with Gasteiger partial charge in [-0.2, -0.15) is 0 Å². The highest BCUT2D eigenvalue weighted by atomic mass is 127. The number of nitrogens with zero attached hydrogens (tertiary/aromatic N) is 6. The maximum absolute atomic E-state index is 12.5. The molecule has 0 unspecified atom stereocenters. The Morgan fingerprint density at radius 3 is 2.22 bits per heavy atom. The second kappa shape index (κ2) is 15.2. The van der Waals surface area contributed by atoms with E-state index in [1.54, 1.807) is 19.4 Å². The van der Waals surface area contributed by atoms with Crippen molar-refractivity contribution in [1.29, 1.82) is 0 Å². The van der Waals surface area contributed by atoms with Crippen LogP contribution in [0.1, 0.15) is 40.5 Å². The minimum atomic E-state index is 0. The Bertz CT molecular complexity index is 670. The number of anilines is 1. The van der Waals surface area contributed by atoms with Crippen molar-refractivity contribution in [2.75, 3.05) is 57.8 Å². The predicted octanol–water partition coefficient (Wildman–Crippen LogP) is 1.81. The zero-order valence-corrected chi connectivity index (χ0v) is 22.6. The molecule has 10 heteroatoms. The van der Waals surface area contributed by atoms with Crippen LogP contribution >= 0.6 is 24.0 Å². The summed E-state index contributed by atoms with van der Waals surface area (Å²) in [5.74, 6) is 1.65. The predicted molar refractivity (Wildman–Crippen MR) is 142 cm³/mol. The van der Waals surface area contributed by atoms with Gasteiger partial charge in [0.25, 0.3) is 0 Å². The molecule has 1 aliphatic heterocycles. The maximum Gasteiger partial charge on any atom is 0.225 e. The number of piperazine rings is 1. The molecule has 0 bridgehead atoms. The summed E-state index contributed by atoms with van der Waals surface area (Å²) in [6.45, 7) is 14.3. The summed E-state index contributed by atoms with van der Waals surface area (Å²) in [6, 6.07) is 2.90. The first-order chi connectivity index (χ1) is 14.9. The molecule has 32 heavy (non-hydrogen) atoms. The lowest BCUT2D eigenvalue weighted by atomic mass is 10.2. The summed E-state index contributed by atoms with van der Waals surface area (Å²) in [7, 11) is 1.76. The minimum Gasteiger partial charge on any atom is -0.356 e. The van der Waals surface area contributed by atoms with Gasteiger partial charge >= 0.3 is 0 Å². The molecule has 1 saturated heterocycles. The van der Waals surface area contributed by atoms with E-state index >= 15 is 0 Å². The van der Waals surface area contributed by atoms with Crippen molar-refractivity contribution in [2.45, 2.75) is 52.6 Å². The van der Waals surface area contributed by atoms with E-state index < -0.39 is 0 Å². The number of carbonyl (C=O) groups excluding carboxylic acids is 1. The molecule has 1 aliphatic rings. The van der Waals surface area contributed by atoms with Crippen LogP contribution in [0, 0.1) is 0 Å². The molecule has 1 fully saturated rings. The van der Waals surface area contributed by atoms with Gasteiger partial charge in [-0.1, -0.05) is 0 Å². The summed E-state index contributed by atoms with van der Waals surface area (Å²) in [5, 5.41) is 6.60. The van der Waals surface area contributed by atoms with Gasteiger partial charge in [-0.05, 0) is 40.2 Å². The number of halogens is 1. The summed E-state index contributed by atoms with van der Waals surface area (Å²) >= 11 is 0. The second-order valence-corrected chi connectivity index (χ2v) is 8.37. The summed E-state index contributed by atoms with van der Waals surface area (Å²) in [4.78, 5) is 31.9. The van der Waals surface area contributed by atoms with Gasteiger partial charge in [0.15, 0.2) is 5.96 Å². The van der Waals surface area contributed by atoms with Crippen molar-refractivity contribution in [3.8, 4) is 0 Å². The van der Waals surface area contributed by atoms with Crippen LogP contribution in [0.25, 0.3) is 0 Å². The number of amides is 1. The lowest BCUT2D eigenvalue weighted by Crippen LogP contribution is -2.50. The normalized spacial score (nSPS) is 14.7. The first-order valence-corrected chi connectivity index (χ1v) is 11.4. The van der Waals surface area contributed by atoms with Crippen molar-refractivity contribution >= 4 is 41.8 Å². The number of aliphatic imine (C=N–C) groups is 1. The Balaban J connectivity index is 0.00000512. The largest absolute Gasteiger partial charge is 0.356 e. The van der Waals surface area contributed by atoms with E-state index in [1.165, 1.54) is 0 Å². The quantitative estimate of drug-likeness (QED) is 0.195. The van der Waals surface area contributed by atoms with E-state index in [4.69, 9.17) is 0 Å². The Morgan fingerprint density at radius 2 is 1.66 bits per heavy atom. The van der Waals surface area contributed by atoms with Crippen molar-refractivity contribution in [3.05, 3.63) is 18.5 Å². The molecule has 0 aromatic carbocycles. The van der Waals surface area contributed by atoms with E-state index in [-0.39, 0.29) is 29.9 Å². The number of hydrogen-bond acceptors (Lipinski definition) is 6. The van der Waals surface area contributed by atoms with Gasteiger partial charge in [0.2, 0.25) is 11.9 Å². The third-order valence-electron chi connectivity index (χ3n) is 5.53. The molecule has 2 heterocycles. The van der Waals surface area contributed by atoms with Crippen LogP contribution in [0.3, 0.4) is 0 Å². The van der Waals surface area contributed by atoms with Crippen molar-refractivity contribution in [3.63, 3.8) is 0 Å². The van der Waals surface area contributed by atoms with Crippen LogP contribution in [0.2, 0.25) is 0 Å². The average molecular weight is 561 g/mol. The molecule has 0 radical (unpaired) electrons. The van der Waals surface area contributed by atoms with Crippen LogP contribution in [-0.2, 0) is 4.79 Å². The first kappa shape index (κ1) is 28.3. The molecule has 0 atom stereocenters. The van der Waals surface area contributed by atoms with E-state index in [9.17, 15) is 4.79 Å². The molecule has 0 aliphatic carbocycles. The van der Waals surface area contributed by atoms with Gasteiger partial charge in [-0.25, -0.2) is 9.97 Å². The number of nitrogens with one attached hydrogen (secondary N) is 2. The molecular formula is C22H41IN8O. The van der Waals surface area contributed by atoms with Crippen LogP contribution in [-0.4, -0.2) is 96.6 Å². The van der Waals surface area contributed by atoms with Gasteiger partial charge in [0.1, 0.15) is 0 Å². The number of hydrogen-bond donors (Lipinski definition) is 2. The van der Waals surface area contributed by atoms with Gasteiger partial charge in [-0.15, -0.1) is 24.0 Å². The maximum atomic E-state index is 12.5. The second-order valence-electron chi connectivity index (χ2n) is 8.37. The minimum absolute atomic E-state index is 0. The Hall–Kier alpha value is -1.69. The highest BCUT2D eigenvalue weighted by molar-refractivity contribution is 14.0. The molecule has 1 aromatic rings. The van der Waals surface area contributed by atoms with Gasteiger partial charge in [0.05, 0.1) is 0 Å². The van der Waals surface area contributed by atoms with E-state index in [0.29, 0.717) is 38.1 Å². The SMILES string of the molecule is CN=C(NCCCN(C(C)C)C(C)C)NCCC(=O)N1CCN(c2ncccn2)CC1.I. The lowest BCUT2D eigenvalue weighted by Gasteiger charge is -2.34. The zero-order valence-electron chi connectivity index (χ0n) is 20.3. The first-order valence-electron chi connectivity index (χ1n) is 11.4. The lowest BCUT2D eigenvalue weighted by molar-refractivity contribution is -0.131. The fourth-order valence-electron chi connectivity index (χ4n) is 3.86. The highest BCUT2D eigenvalue weighted by Gasteiger charge is 2.22. The number of aromatic nitrogens is 2. The Labute approximate surface area is 210 Å². The van der Waals surface area contributed by atoms with Gasteiger partial charge < -0.3 is 20.4 Å². The van der Waals surface area contributed by atoms with Crippen LogP contribution in [0.15, 0.2) is 23.5 Å². The molecule has 0 saturated carbocycles. The van der Waals surface area contributed by atoms with Gasteiger partial charge in [0, 0.05) is 83.8 Å². The number of guanidine groups is 1. The topological polar surface area (TPSA) is 89.0 Å². The molecule has 1 amide bonds. The smallest absolute Gasteiger partial charge is 0.225 e. The molecule has 1 aromatic heterocycles. The Morgan fingerprint density at radius 1 is 1.06 bits per heavy atom. The summed E-state index contributed by atoms with van der Waals surface area (Å²) < 4.78 is 0. The van der Waals surface area contributed by atoms with Crippen molar-refractivity contribution in [1.82, 2.24) is 30.4 Å². The third-order valence-corrected chi connectivity index (χ3v) is 5.53. The zero-order chi connectivity index (χ0) is 22.6. The molecule has 2 rings (SSSR count). The molecule has 2 N–H and O–H groups in total. The van der Waals surface area contributed by atoms with Gasteiger partial charge in [-0.3, -0.25) is 14.7 Å². The fourth-order valence-corrected chi connectivity index (χ4v) is 3.86. The Kier molecular flexibility index (Phi) is 13.5. The molecule has 0 spiro atoms. The highest BCUT2D eigenvalue weighted by Crippen LogP contribution is 2.10. The monoisotopic (exact) mass is 560 g/mol. The van der Waals surface area contributed by atoms with Crippen molar-refractivity contribution < 1.29 is 4.79 Å². The van der Waals surface area contributed by atoms with Crippen LogP contribution < -0.4 is 15.5 Å². The number of carbonyl (C=O) groups is 1. The standard InChI is InChI=1S/C22H40N8O.HI/c1-18(2)30(19(3)4)13-7-11-24-21(23-5)25-12-8-20(31)28-14-16-29(17-15-28)22-26-9-6-10-27-22;/h6,9-10,18-19H,7-8,11-17H2,1-5H3,(H2,23,24,25);1H. The van der Waals surface area contributed by atoms with E-state index in [2.05, 4.69) is 63.1 Å². The van der Waals surface area contributed by atoms with Crippen LogP contribution in [0.4, 0.5) is 5.95 Å². The van der Waals surface area contributed by atoms with Crippen molar-refractivity contribution in [2.24, 2.45) is 4.99 Å². The molecule has 182 valence electrons. The molecular weight excluding hydrogens is 519 g/mol. The van der Waals surface area contributed by atoms with Crippen LogP contribution in [0.5, 0.6) is 0 Å². The fraction of sp³-hybridized carbons (Fsp3) is 0.727.